The van der Waals surface area contributed by atoms with Crippen LogP contribution in [0.5, 0.6) is 0 Å². The van der Waals surface area contributed by atoms with E-state index < -0.39 is 15.8 Å². The maximum Gasteiger partial charge on any atom is 0.335 e. The molecule has 0 bridgehead atoms. The Morgan fingerprint density at radius 3 is 2.21 bits per heavy atom. The number of carboxylic acids is 1. The molecule has 0 spiro atoms. The third kappa shape index (κ3) is 2.58. The van der Waals surface area contributed by atoms with Crippen LogP contribution < -0.4 is 5.73 Å². The molecule has 0 atom stereocenters. The molecule has 2 aromatic carbocycles. The number of nitrogens with two attached hydrogens (primary N) is 1. The lowest BCUT2D eigenvalue weighted by Crippen LogP contribution is -2.04. The van der Waals surface area contributed by atoms with Gasteiger partial charge in [0.1, 0.15) is 0 Å². The SMILES string of the molecule is Nc1ccc(S(=O)(=O)c2cccc(C(=O)O)c2)cc1. The van der Waals surface area contributed by atoms with Gasteiger partial charge in [0.2, 0.25) is 9.84 Å². The van der Waals surface area contributed by atoms with Crippen molar-refractivity contribution in [2.45, 2.75) is 9.79 Å². The van der Waals surface area contributed by atoms with Crippen LogP contribution in [0.25, 0.3) is 0 Å². The molecular weight excluding hydrogens is 266 g/mol. The lowest BCUT2D eigenvalue weighted by Gasteiger charge is -2.05. The van der Waals surface area contributed by atoms with E-state index in [9.17, 15) is 13.2 Å². The van der Waals surface area contributed by atoms with Gasteiger partial charge in [-0.05, 0) is 42.5 Å². The predicted octanol–water partition coefficient (Wildman–Crippen LogP) is 1.80. The second-order valence-corrected chi connectivity index (χ2v) is 5.86. The minimum absolute atomic E-state index is 0.0582. The molecule has 0 amide bonds. The van der Waals surface area contributed by atoms with Crippen LogP contribution in [0.2, 0.25) is 0 Å². The Balaban J connectivity index is 2.53. The first-order chi connectivity index (χ1) is 8.91. The molecule has 0 aromatic heterocycles. The molecule has 0 fully saturated rings. The normalized spacial score (nSPS) is 11.2. The van der Waals surface area contributed by atoms with Gasteiger partial charge < -0.3 is 10.8 Å². The summed E-state index contributed by atoms with van der Waals surface area (Å²) in [5, 5.41) is 8.87. The molecule has 0 aliphatic heterocycles. The van der Waals surface area contributed by atoms with Crippen LogP contribution in [0.1, 0.15) is 10.4 Å². The van der Waals surface area contributed by atoms with Gasteiger partial charge >= 0.3 is 5.97 Å². The molecule has 0 heterocycles. The predicted molar refractivity (Wildman–Crippen MR) is 69.7 cm³/mol. The molecule has 0 aliphatic rings. The summed E-state index contributed by atoms with van der Waals surface area (Å²) in [6.45, 7) is 0. The van der Waals surface area contributed by atoms with E-state index in [1.54, 1.807) is 0 Å². The quantitative estimate of drug-likeness (QED) is 0.834. The highest BCUT2D eigenvalue weighted by Gasteiger charge is 2.18. The average Bonchev–Trinajstić information content (AvgIpc) is 2.39. The molecule has 2 aromatic rings. The van der Waals surface area contributed by atoms with E-state index >= 15 is 0 Å². The van der Waals surface area contributed by atoms with Crippen molar-refractivity contribution in [3.63, 3.8) is 0 Å². The standard InChI is InChI=1S/C13H11NO4S/c14-10-4-6-11(7-5-10)19(17,18)12-3-1-2-9(8-12)13(15)16/h1-8H,14H2,(H,15,16). The van der Waals surface area contributed by atoms with Gasteiger partial charge in [-0.2, -0.15) is 0 Å². The molecule has 0 radical (unpaired) electrons. The first kappa shape index (κ1) is 13.1. The minimum atomic E-state index is -3.73. The van der Waals surface area contributed by atoms with Crippen LogP contribution in [0, 0.1) is 0 Å². The fourth-order valence-corrected chi connectivity index (χ4v) is 2.89. The zero-order valence-corrected chi connectivity index (χ0v) is 10.6. The van der Waals surface area contributed by atoms with Gasteiger partial charge in [0.05, 0.1) is 15.4 Å². The van der Waals surface area contributed by atoms with Gasteiger partial charge in [-0.15, -0.1) is 0 Å². The monoisotopic (exact) mass is 277 g/mol. The maximum absolute atomic E-state index is 12.3. The number of hydrogen-bond donors (Lipinski definition) is 2. The van der Waals surface area contributed by atoms with Crippen LogP contribution in [-0.2, 0) is 9.84 Å². The van der Waals surface area contributed by atoms with Crippen molar-refractivity contribution in [2.24, 2.45) is 0 Å². The van der Waals surface area contributed by atoms with E-state index in [4.69, 9.17) is 10.8 Å². The topological polar surface area (TPSA) is 97.5 Å². The zero-order chi connectivity index (χ0) is 14.0. The van der Waals surface area contributed by atoms with Gasteiger partial charge in [-0.1, -0.05) is 6.07 Å². The molecule has 6 heteroatoms. The summed E-state index contributed by atoms with van der Waals surface area (Å²) >= 11 is 0. The van der Waals surface area contributed by atoms with E-state index in [1.165, 1.54) is 42.5 Å². The van der Waals surface area contributed by atoms with Crippen LogP contribution in [-0.4, -0.2) is 19.5 Å². The lowest BCUT2D eigenvalue weighted by molar-refractivity contribution is 0.0696. The van der Waals surface area contributed by atoms with Crippen molar-refractivity contribution in [2.75, 3.05) is 5.73 Å². The molecule has 2 rings (SSSR count). The number of carboxylic acid groups (broad SMARTS) is 1. The molecule has 0 unspecified atom stereocenters. The smallest absolute Gasteiger partial charge is 0.335 e. The second-order valence-electron chi connectivity index (χ2n) is 3.91. The molecule has 0 saturated heterocycles. The van der Waals surface area contributed by atoms with Crippen molar-refractivity contribution < 1.29 is 18.3 Å². The van der Waals surface area contributed by atoms with Gasteiger partial charge in [0, 0.05) is 5.69 Å². The van der Waals surface area contributed by atoms with Crippen LogP contribution >= 0.6 is 0 Å². The lowest BCUT2D eigenvalue weighted by atomic mass is 10.2. The summed E-state index contributed by atoms with van der Waals surface area (Å²) in [5.74, 6) is -1.17. The van der Waals surface area contributed by atoms with Gasteiger partial charge in [0.15, 0.2) is 0 Å². The fraction of sp³-hybridized carbons (Fsp3) is 0. The summed E-state index contributed by atoms with van der Waals surface area (Å²) in [4.78, 5) is 10.9. The average molecular weight is 277 g/mol. The number of anilines is 1. The zero-order valence-electron chi connectivity index (χ0n) is 9.78. The molecule has 3 N–H and O–H groups in total. The van der Waals surface area contributed by atoms with E-state index in [0.717, 1.165) is 6.07 Å². The van der Waals surface area contributed by atoms with Crippen LogP contribution in [0.4, 0.5) is 5.69 Å². The van der Waals surface area contributed by atoms with Crippen molar-refractivity contribution in [3.8, 4) is 0 Å². The summed E-state index contributed by atoms with van der Waals surface area (Å²) in [6.07, 6.45) is 0. The number of benzene rings is 2. The Morgan fingerprint density at radius 2 is 1.63 bits per heavy atom. The highest BCUT2D eigenvalue weighted by atomic mass is 32.2. The van der Waals surface area contributed by atoms with Gasteiger partial charge in [-0.3, -0.25) is 0 Å². The van der Waals surface area contributed by atoms with Crippen molar-refractivity contribution in [3.05, 3.63) is 54.1 Å². The number of rotatable bonds is 3. The van der Waals surface area contributed by atoms with Crippen LogP contribution in [0.3, 0.4) is 0 Å². The maximum atomic E-state index is 12.3. The van der Waals surface area contributed by atoms with Crippen molar-refractivity contribution in [1.82, 2.24) is 0 Å². The Labute approximate surface area is 110 Å². The highest BCUT2D eigenvalue weighted by Crippen LogP contribution is 2.22. The third-order valence-corrected chi connectivity index (χ3v) is 4.35. The number of nitrogen functional groups attached to an aromatic ring is 1. The largest absolute Gasteiger partial charge is 0.478 e. The number of hydrogen-bond acceptors (Lipinski definition) is 4. The summed E-state index contributed by atoms with van der Waals surface area (Å²) < 4.78 is 24.6. The third-order valence-electron chi connectivity index (χ3n) is 2.58. The van der Waals surface area contributed by atoms with E-state index in [-0.39, 0.29) is 15.4 Å². The summed E-state index contributed by atoms with van der Waals surface area (Å²) in [6, 6.07) is 11.0. The molecule has 5 nitrogen and oxygen atoms in total. The number of carbonyl (C=O) groups is 1. The first-order valence-corrected chi connectivity index (χ1v) is 6.83. The van der Waals surface area contributed by atoms with Gasteiger partial charge in [0.25, 0.3) is 0 Å². The van der Waals surface area contributed by atoms with Crippen LogP contribution in [0.15, 0.2) is 58.3 Å². The second kappa shape index (κ2) is 4.74. The fourth-order valence-electron chi connectivity index (χ4n) is 1.58. The van der Waals surface area contributed by atoms with Crippen molar-refractivity contribution in [1.29, 1.82) is 0 Å². The van der Waals surface area contributed by atoms with E-state index in [2.05, 4.69) is 0 Å². The van der Waals surface area contributed by atoms with E-state index in [1.807, 2.05) is 0 Å². The summed E-state index contributed by atoms with van der Waals surface area (Å²) in [7, 11) is -3.73. The minimum Gasteiger partial charge on any atom is -0.478 e. The molecule has 0 saturated carbocycles. The Morgan fingerprint density at radius 1 is 1.00 bits per heavy atom. The molecular formula is C13H11NO4S. The Kier molecular flexibility index (Phi) is 3.26. The first-order valence-electron chi connectivity index (χ1n) is 5.35. The number of sulfone groups is 1. The molecule has 98 valence electrons. The Hall–Kier alpha value is -2.34. The Bertz CT molecular complexity index is 721. The van der Waals surface area contributed by atoms with Crippen molar-refractivity contribution >= 4 is 21.5 Å². The molecule has 19 heavy (non-hydrogen) atoms. The highest BCUT2D eigenvalue weighted by molar-refractivity contribution is 7.91. The molecule has 0 aliphatic carbocycles. The van der Waals surface area contributed by atoms with Gasteiger partial charge in [-0.25, -0.2) is 13.2 Å². The number of aromatic carboxylic acids is 1. The summed E-state index contributed by atoms with van der Waals surface area (Å²) in [5.41, 5.74) is 5.88. The van der Waals surface area contributed by atoms with E-state index in [0.29, 0.717) is 5.69 Å².